The van der Waals surface area contributed by atoms with E-state index in [1.807, 2.05) is 6.07 Å². The van der Waals surface area contributed by atoms with Gasteiger partial charge in [-0.05, 0) is 32.5 Å². The lowest BCUT2D eigenvalue weighted by Crippen LogP contribution is -2.53. The number of nitrogens with one attached hydrogen (secondary N) is 1. The number of rotatable bonds is 5. The molecule has 3 heterocycles. The number of para-hydroxylation sites is 2. The molecule has 9 heteroatoms. The monoisotopic (exact) mass is 485 g/mol. The molecule has 2 aliphatic rings. The van der Waals surface area contributed by atoms with E-state index in [0.717, 1.165) is 72.2 Å². The maximum atomic E-state index is 5.62. The first-order chi connectivity index (χ1) is 14.1. The quantitative estimate of drug-likeness (QED) is 0.583. The first-order valence-corrected chi connectivity index (χ1v) is 11.4. The van der Waals surface area contributed by atoms with Crippen molar-refractivity contribution in [2.45, 2.75) is 39.2 Å². The average molecular weight is 487 g/mol. The van der Waals surface area contributed by atoms with Gasteiger partial charge in [-0.1, -0.05) is 26.0 Å². The Bertz CT molecular complexity index is 889. The fourth-order valence-electron chi connectivity index (χ4n) is 3.82. The van der Waals surface area contributed by atoms with E-state index in [1.54, 1.807) is 11.3 Å². The number of aromatic nitrogens is 1. The maximum Gasteiger partial charge on any atom is 0.158 e. The number of fused-ring (bicyclic) bond motifs is 2. The average Bonchev–Trinajstić information content (AvgIpc) is 3.06. The largest absolute Gasteiger partial charge is 0.382 e. The van der Waals surface area contributed by atoms with Gasteiger partial charge in [-0.25, -0.2) is 9.98 Å². The molecule has 1 saturated heterocycles. The van der Waals surface area contributed by atoms with E-state index in [-0.39, 0.29) is 24.8 Å². The van der Waals surface area contributed by atoms with Crippen molar-refractivity contribution in [1.29, 1.82) is 0 Å². The number of thiazole rings is 1. The van der Waals surface area contributed by atoms with Crippen LogP contribution in [0.2, 0.25) is 0 Å². The predicted molar refractivity (Wildman–Crippen MR) is 136 cm³/mol. The summed E-state index contributed by atoms with van der Waals surface area (Å²) in [5.41, 5.74) is 3.01. The summed E-state index contributed by atoms with van der Waals surface area (Å²) >= 11 is 1.75. The summed E-state index contributed by atoms with van der Waals surface area (Å²) in [6, 6.07) is 8.72. The van der Waals surface area contributed by atoms with Crippen LogP contribution in [0.5, 0.6) is 0 Å². The Morgan fingerprint density at radius 3 is 2.74 bits per heavy atom. The number of likely N-dealkylation sites (N-methyl/N-ethyl adjacent to an activating group) is 1. The molecule has 1 aromatic carbocycles. The van der Waals surface area contributed by atoms with Gasteiger partial charge in [0.1, 0.15) is 10.7 Å². The molecule has 4 rings (SSSR count). The van der Waals surface area contributed by atoms with E-state index in [9.17, 15) is 0 Å². The molecule has 172 valence electrons. The van der Waals surface area contributed by atoms with Gasteiger partial charge >= 0.3 is 0 Å². The van der Waals surface area contributed by atoms with Crippen molar-refractivity contribution in [1.82, 2.24) is 14.8 Å². The molecule has 0 unspecified atom stereocenters. The minimum absolute atomic E-state index is 0. The maximum absolute atomic E-state index is 5.62. The van der Waals surface area contributed by atoms with Crippen LogP contribution in [0, 0.1) is 0 Å². The normalized spacial score (nSPS) is 18.2. The van der Waals surface area contributed by atoms with E-state index in [2.05, 4.69) is 61.1 Å². The van der Waals surface area contributed by atoms with Gasteiger partial charge in [-0.2, -0.15) is 0 Å². The SMILES string of the molecule is CCOCC[C@H]1CN(C2=Nc3ccccc3Nc3sc(C(C)C)nc32)CCN1C.Cl.Cl. The van der Waals surface area contributed by atoms with Crippen molar-refractivity contribution in [3.05, 3.63) is 35.0 Å². The molecule has 1 atom stereocenters. The summed E-state index contributed by atoms with van der Waals surface area (Å²) in [5.74, 6) is 1.40. The summed E-state index contributed by atoms with van der Waals surface area (Å²) in [6.07, 6.45) is 1.03. The number of ether oxygens (including phenoxy) is 1. The van der Waals surface area contributed by atoms with Crippen molar-refractivity contribution in [3.63, 3.8) is 0 Å². The molecule has 31 heavy (non-hydrogen) atoms. The standard InChI is InChI=1S/C22H31N5OS.2ClH/c1-5-28-13-10-16-14-27(12-11-26(16)4)20-19-22(29-21(25-19)15(2)3)24-18-9-7-6-8-17(18)23-20;;/h6-9,15-16,24H,5,10-14H2,1-4H3;2*1H/t16-;;/m0../s1. The fourth-order valence-corrected chi connectivity index (χ4v) is 4.80. The third-order valence-corrected chi connectivity index (χ3v) is 6.88. The zero-order valence-corrected chi connectivity index (χ0v) is 21.1. The number of halogens is 2. The molecule has 0 bridgehead atoms. The van der Waals surface area contributed by atoms with E-state index in [4.69, 9.17) is 14.7 Å². The summed E-state index contributed by atoms with van der Waals surface area (Å²) in [7, 11) is 2.21. The lowest BCUT2D eigenvalue weighted by molar-refractivity contribution is 0.0843. The number of hydrogen-bond donors (Lipinski definition) is 1. The molecule has 0 aliphatic carbocycles. The first-order valence-electron chi connectivity index (χ1n) is 10.6. The Morgan fingerprint density at radius 1 is 1.23 bits per heavy atom. The highest BCUT2D eigenvalue weighted by Gasteiger charge is 2.31. The van der Waals surface area contributed by atoms with Gasteiger partial charge in [-0.15, -0.1) is 36.2 Å². The molecular formula is C22H33Cl2N5OS. The van der Waals surface area contributed by atoms with Crippen LogP contribution in [-0.2, 0) is 4.74 Å². The summed E-state index contributed by atoms with van der Waals surface area (Å²) in [5, 5.41) is 5.84. The number of piperazine rings is 1. The van der Waals surface area contributed by atoms with Crippen LogP contribution < -0.4 is 5.32 Å². The number of nitrogens with zero attached hydrogens (tertiary/aromatic N) is 4. The number of amidine groups is 1. The third kappa shape index (κ3) is 5.71. The molecule has 1 N–H and O–H groups in total. The molecule has 0 spiro atoms. The Labute approximate surface area is 201 Å². The van der Waals surface area contributed by atoms with Crippen LogP contribution in [-0.4, -0.2) is 66.6 Å². The van der Waals surface area contributed by atoms with Crippen LogP contribution in [0.4, 0.5) is 16.4 Å². The Kier molecular flexibility index (Phi) is 9.58. The number of anilines is 2. The minimum atomic E-state index is 0. The second-order valence-corrected chi connectivity index (χ2v) is 9.06. The smallest absolute Gasteiger partial charge is 0.158 e. The number of hydrogen-bond acceptors (Lipinski definition) is 7. The highest BCUT2D eigenvalue weighted by molar-refractivity contribution is 7.16. The Morgan fingerprint density at radius 2 is 2.00 bits per heavy atom. The van der Waals surface area contributed by atoms with Gasteiger partial charge in [0.25, 0.3) is 0 Å². The Balaban J connectivity index is 0.00000171. The highest BCUT2D eigenvalue weighted by atomic mass is 35.5. The van der Waals surface area contributed by atoms with Crippen LogP contribution in [0.15, 0.2) is 29.3 Å². The van der Waals surface area contributed by atoms with Crippen LogP contribution in [0.3, 0.4) is 0 Å². The predicted octanol–water partition coefficient (Wildman–Crippen LogP) is 5.29. The van der Waals surface area contributed by atoms with Crippen molar-refractivity contribution in [2.75, 3.05) is 45.2 Å². The van der Waals surface area contributed by atoms with Crippen LogP contribution >= 0.6 is 36.2 Å². The third-order valence-electron chi connectivity index (χ3n) is 5.60. The molecule has 0 amide bonds. The second kappa shape index (κ2) is 11.5. The first kappa shape index (κ1) is 25.9. The molecular weight excluding hydrogens is 453 g/mol. The van der Waals surface area contributed by atoms with Gasteiger partial charge in [0, 0.05) is 44.8 Å². The van der Waals surface area contributed by atoms with Gasteiger partial charge < -0.3 is 15.0 Å². The lowest BCUT2D eigenvalue weighted by Gasteiger charge is -2.40. The molecule has 1 aromatic heterocycles. The van der Waals surface area contributed by atoms with Gasteiger partial charge in [0.05, 0.1) is 16.4 Å². The zero-order valence-electron chi connectivity index (χ0n) is 18.6. The Hall–Kier alpha value is -1.38. The van der Waals surface area contributed by atoms with Gasteiger partial charge in [-0.3, -0.25) is 4.90 Å². The van der Waals surface area contributed by atoms with Gasteiger partial charge in [0.15, 0.2) is 5.84 Å². The van der Waals surface area contributed by atoms with Crippen LogP contribution in [0.25, 0.3) is 0 Å². The van der Waals surface area contributed by atoms with E-state index in [1.165, 1.54) is 0 Å². The number of aliphatic imine (C=N–C) groups is 1. The zero-order chi connectivity index (χ0) is 20.4. The topological polar surface area (TPSA) is 53.0 Å². The molecule has 6 nitrogen and oxygen atoms in total. The van der Waals surface area contributed by atoms with E-state index >= 15 is 0 Å². The summed E-state index contributed by atoms with van der Waals surface area (Å²) in [6.45, 7) is 10.9. The second-order valence-electron chi connectivity index (χ2n) is 8.03. The molecule has 1 fully saturated rings. The van der Waals surface area contributed by atoms with E-state index < -0.39 is 0 Å². The van der Waals surface area contributed by atoms with Crippen molar-refractivity contribution in [2.24, 2.45) is 4.99 Å². The minimum Gasteiger partial charge on any atom is -0.382 e. The summed E-state index contributed by atoms with van der Waals surface area (Å²) < 4.78 is 5.62. The summed E-state index contributed by atoms with van der Waals surface area (Å²) in [4.78, 5) is 15.0. The van der Waals surface area contributed by atoms with Gasteiger partial charge in [0.2, 0.25) is 0 Å². The van der Waals surface area contributed by atoms with Crippen LogP contribution in [0.1, 0.15) is 43.8 Å². The van der Waals surface area contributed by atoms with Crippen molar-refractivity contribution in [3.8, 4) is 0 Å². The fraction of sp³-hybridized carbons (Fsp3) is 0.545. The van der Waals surface area contributed by atoms with Crippen molar-refractivity contribution >= 4 is 58.4 Å². The lowest BCUT2D eigenvalue weighted by atomic mass is 10.1. The molecule has 2 aliphatic heterocycles. The molecule has 0 radical (unpaired) electrons. The number of benzene rings is 1. The van der Waals surface area contributed by atoms with Crippen molar-refractivity contribution < 1.29 is 4.74 Å². The highest BCUT2D eigenvalue weighted by Crippen LogP contribution is 2.39. The molecule has 0 saturated carbocycles. The molecule has 2 aromatic rings. The van der Waals surface area contributed by atoms with E-state index in [0.29, 0.717) is 12.0 Å².